The van der Waals surface area contributed by atoms with Gasteiger partial charge in [-0.2, -0.15) is 0 Å². The Morgan fingerprint density at radius 1 is 1.23 bits per heavy atom. The number of carbonyl (C=O) groups excluding carboxylic acids is 2. The summed E-state index contributed by atoms with van der Waals surface area (Å²) in [4.78, 5) is 25.2. The zero-order chi connectivity index (χ0) is 18.8. The number of carbonyl (C=O) groups is 2. The molecule has 0 spiro atoms. The third-order valence-electron chi connectivity index (χ3n) is 4.92. The molecule has 26 heavy (non-hydrogen) atoms. The second kappa shape index (κ2) is 10.3. The average Bonchev–Trinajstić information content (AvgIpc) is 2.66. The summed E-state index contributed by atoms with van der Waals surface area (Å²) < 4.78 is 10.5. The molecule has 0 bridgehead atoms. The lowest BCUT2D eigenvalue weighted by Crippen LogP contribution is -2.51. The van der Waals surface area contributed by atoms with E-state index in [-0.39, 0.29) is 18.4 Å². The summed E-state index contributed by atoms with van der Waals surface area (Å²) in [6.45, 7) is 4.37. The molecule has 0 aliphatic carbocycles. The van der Waals surface area contributed by atoms with Gasteiger partial charge in [-0.05, 0) is 44.8 Å². The molecule has 1 aliphatic heterocycles. The molecule has 1 amide bonds. The average molecular weight is 362 g/mol. The number of rotatable bonds is 9. The molecule has 144 valence electrons. The van der Waals surface area contributed by atoms with Crippen LogP contribution in [0, 0.1) is 11.3 Å². The van der Waals surface area contributed by atoms with Crippen molar-refractivity contribution in [1.82, 2.24) is 10.6 Å². The lowest BCUT2D eigenvalue weighted by Gasteiger charge is -2.35. The third kappa shape index (κ3) is 5.54. The van der Waals surface area contributed by atoms with E-state index in [0.717, 1.165) is 31.5 Å². The van der Waals surface area contributed by atoms with Gasteiger partial charge in [0.15, 0.2) is 0 Å². The summed E-state index contributed by atoms with van der Waals surface area (Å²) in [5, 5.41) is 6.27. The highest BCUT2D eigenvalue weighted by atomic mass is 16.5. The van der Waals surface area contributed by atoms with E-state index in [1.807, 2.05) is 30.3 Å². The number of ether oxygens (including phenoxy) is 2. The van der Waals surface area contributed by atoms with Gasteiger partial charge in [0.2, 0.25) is 5.91 Å². The minimum atomic E-state index is -0.522. The summed E-state index contributed by atoms with van der Waals surface area (Å²) in [5.41, 5.74) is 0.527. The number of hydrogen-bond donors (Lipinski definition) is 2. The van der Waals surface area contributed by atoms with Gasteiger partial charge in [0.05, 0.1) is 24.5 Å². The quantitative estimate of drug-likeness (QED) is 0.652. The van der Waals surface area contributed by atoms with E-state index >= 15 is 0 Å². The van der Waals surface area contributed by atoms with Crippen LogP contribution in [-0.4, -0.2) is 51.8 Å². The molecule has 1 aromatic rings. The minimum absolute atomic E-state index is 0.0387. The maximum Gasteiger partial charge on any atom is 0.311 e. The van der Waals surface area contributed by atoms with Gasteiger partial charge in [0.1, 0.15) is 0 Å². The van der Waals surface area contributed by atoms with Gasteiger partial charge in [-0.3, -0.25) is 9.59 Å². The van der Waals surface area contributed by atoms with Crippen molar-refractivity contribution in [3.63, 3.8) is 0 Å². The van der Waals surface area contributed by atoms with E-state index in [0.29, 0.717) is 19.6 Å². The molecule has 0 radical (unpaired) electrons. The third-order valence-corrected chi connectivity index (χ3v) is 4.92. The summed E-state index contributed by atoms with van der Waals surface area (Å²) in [6.07, 6.45) is 2.00. The van der Waals surface area contributed by atoms with Gasteiger partial charge >= 0.3 is 5.97 Å². The first kappa shape index (κ1) is 20.4. The summed E-state index contributed by atoms with van der Waals surface area (Å²) in [5.74, 6) is -0.714. The standard InChI is InChI=1S/C20H30N2O4/c1-3-26-18(23)17(13-16-7-5-4-6-8-16)14-22-19(24)20(15-25-2)9-11-21-12-10-20/h4-8,17,21H,3,9-15H2,1-2H3,(H,22,24). The fourth-order valence-electron chi connectivity index (χ4n) is 3.42. The SMILES string of the molecule is CCOC(=O)C(CNC(=O)C1(COC)CCNCC1)Cc1ccccc1. The summed E-state index contributed by atoms with van der Waals surface area (Å²) in [6, 6.07) is 9.79. The molecular formula is C20H30N2O4. The fourth-order valence-corrected chi connectivity index (χ4v) is 3.42. The molecule has 1 aromatic carbocycles. The van der Waals surface area contributed by atoms with E-state index in [2.05, 4.69) is 10.6 Å². The highest BCUT2D eigenvalue weighted by Gasteiger charge is 2.40. The van der Waals surface area contributed by atoms with Crippen LogP contribution in [0.15, 0.2) is 30.3 Å². The Hall–Kier alpha value is -1.92. The maximum absolute atomic E-state index is 12.9. The molecule has 2 N–H and O–H groups in total. The molecular weight excluding hydrogens is 332 g/mol. The Bertz CT molecular complexity index is 565. The molecule has 2 rings (SSSR count). The van der Waals surface area contributed by atoms with Crippen molar-refractivity contribution in [3.05, 3.63) is 35.9 Å². The molecule has 1 unspecified atom stereocenters. The monoisotopic (exact) mass is 362 g/mol. The van der Waals surface area contributed by atoms with Crippen LogP contribution in [0.2, 0.25) is 0 Å². The van der Waals surface area contributed by atoms with Crippen molar-refractivity contribution in [2.45, 2.75) is 26.2 Å². The van der Waals surface area contributed by atoms with Gasteiger partial charge in [0.25, 0.3) is 0 Å². The Kier molecular flexibility index (Phi) is 8.06. The van der Waals surface area contributed by atoms with Crippen LogP contribution < -0.4 is 10.6 Å². The van der Waals surface area contributed by atoms with Crippen LogP contribution in [0.3, 0.4) is 0 Å². The van der Waals surface area contributed by atoms with Crippen LogP contribution in [-0.2, 0) is 25.5 Å². The van der Waals surface area contributed by atoms with Crippen molar-refractivity contribution in [2.75, 3.05) is 40.0 Å². The summed E-state index contributed by atoms with van der Waals surface area (Å²) in [7, 11) is 1.62. The summed E-state index contributed by atoms with van der Waals surface area (Å²) >= 11 is 0. The van der Waals surface area contributed by atoms with Crippen molar-refractivity contribution in [2.24, 2.45) is 11.3 Å². The predicted octanol–water partition coefficient (Wildman–Crippen LogP) is 1.54. The molecule has 6 nitrogen and oxygen atoms in total. The van der Waals surface area contributed by atoms with Crippen molar-refractivity contribution < 1.29 is 19.1 Å². The fraction of sp³-hybridized carbons (Fsp3) is 0.600. The number of methoxy groups -OCH3 is 1. The Balaban J connectivity index is 2.02. The molecule has 1 atom stereocenters. The maximum atomic E-state index is 12.9. The van der Waals surface area contributed by atoms with Gasteiger partial charge < -0.3 is 20.1 Å². The first-order valence-corrected chi connectivity index (χ1v) is 9.30. The molecule has 1 saturated heterocycles. The smallest absolute Gasteiger partial charge is 0.311 e. The second-order valence-corrected chi connectivity index (χ2v) is 6.81. The molecule has 1 fully saturated rings. The van der Waals surface area contributed by atoms with Gasteiger partial charge in [-0.25, -0.2) is 0 Å². The highest BCUT2D eigenvalue weighted by molar-refractivity contribution is 5.83. The van der Waals surface area contributed by atoms with E-state index in [1.54, 1.807) is 14.0 Å². The zero-order valence-corrected chi connectivity index (χ0v) is 15.8. The van der Waals surface area contributed by atoms with E-state index in [4.69, 9.17) is 9.47 Å². The van der Waals surface area contributed by atoms with E-state index in [9.17, 15) is 9.59 Å². The number of esters is 1. The van der Waals surface area contributed by atoms with Crippen molar-refractivity contribution in [1.29, 1.82) is 0 Å². The largest absolute Gasteiger partial charge is 0.466 e. The molecule has 6 heteroatoms. The minimum Gasteiger partial charge on any atom is -0.466 e. The van der Waals surface area contributed by atoms with Crippen LogP contribution in [0.1, 0.15) is 25.3 Å². The normalized spacial score (nSPS) is 17.3. The topological polar surface area (TPSA) is 76.7 Å². The Labute approximate surface area is 155 Å². The van der Waals surface area contributed by atoms with Crippen LogP contribution in [0.25, 0.3) is 0 Å². The van der Waals surface area contributed by atoms with Crippen molar-refractivity contribution in [3.8, 4) is 0 Å². The molecule has 0 aromatic heterocycles. The molecule has 0 saturated carbocycles. The zero-order valence-electron chi connectivity index (χ0n) is 15.8. The number of nitrogens with one attached hydrogen (secondary N) is 2. The highest BCUT2D eigenvalue weighted by Crippen LogP contribution is 2.29. The van der Waals surface area contributed by atoms with Crippen molar-refractivity contribution >= 4 is 11.9 Å². The van der Waals surface area contributed by atoms with E-state index in [1.165, 1.54) is 0 Å². The number of amides is 1. The van der Waals surface area contributed by atoms with Crippen LogP contribution in [0.5, 0.6) is 0 Å². The molecule has 1 aliphatic rings. The second-order valence-electron chi connectivity index (χ2n) is 6.81. The number of piperidine rings is 1. The number of hydrogen-bond acceptors (Lipinski definition) is 5. The first-order chi connectivity index (χ1) is 12.6. The molecule has 1 heterocycles. The lowest BCUT2D eigenvalue weighted by molar-refractivity contribution is -0.148. The van der Waals surface area contributed by atoms with Crippen LogP contribution in [0.4, 0.5) is 0 Å². The van der Waals surface area contributed by atoms with Gasteiger partial charge in [0, 0.05) is 13.7 Å². The first-order valence-electron chi connectivity index (χ1n) is 9.30. The van der Waals surface area contributed by atoms with E-state index < -0.39 is 11.3 Å². The predicted molar refractivity (Wildman–Crippen MR) is 99.7 cm³/mol. The van der Waals surface area contributed by atoms with Crippen LogP contribution >= 0.6 is 0 Å². The Morgan fingerprint density at radius 2 is 1.92 bits per heavy atom. The number of benzene rings is 1. The Morgan fingerprint density at radius 3 is 2.54 bits per heavy atom. The van der Waals surface area contributed by atoms with Gasteiger partial charge in [-0.15, -0.1) is 0 Å². The lowest BCUT2D eigenvalue weighted by atomic mass is 9.78. The van der Waals surface area contributed by atoms with Gasteiger partial charge in [-0.1, -0.05) is 30.3 Å².